The molecule has 1 saturated heterocycles. The Kier molecular flexibility index (Phi) is 2.78. The number of amides is 1. The zero-order valence-electron chi connectivity index (χ0n) is 8.17. The third kappa shape index (κ3) is 1.86. The van der Waals surface area contributed by atoms with Gasteiger partial charge in [-0.1, -0.05) is 23.2 Å². The fraction of sp³-hybridized carbons (Fsp3) is 0.200. The lowest BCUT2D eigenvalue weighted by atomic mass is 10.2. The van der Waals surface area contributed by atoms with E-state index in [0.717, 1.165) is 0 Å². The normalized spacial score (nSPS) is 16.0. The predicted octanol–water partition coefficient (Wildman–Crippen LogP) is 1.88. The highest BCUT2D eigenvalue weighted by Gasteiger charge is 2.30. The number of anilines is 2. The number of hydrogen-bond donors (Lipinski definition) is 1. The number of halogens is 2. The number of nitrogens with two attached hydrogens (primary N) is 1. The van der Waals surface area contributed by atoms with Crippen molar-refractivity contribution < 1.29 is 9.59 Å². The summed E-state index contributed by atoms with van der Waals surface area (Å²) in [4.78, 5) is 24.0. The molecule has 1 aromatic rings. The van der Waals surface area contributed by atoms with Crippen LogP contribution in [0, 0.1) is 0 Å². The molecule has 0 aliphatic carbocycles. The second kappa shape index (κ2) is 3.96. The Bertz CT molecular complexity index is 488. The van der Waals surface area contributed by atoms with Gasteiger partial charge in [0.05, 0.1) is 34.4 Å². The van der Waals surface area contributed by atoms with Gasteiger partial charge in [0.1, 0.15) is 0 Å². The lowest BCUT2D eigenvalue weighted by Gasteiger charge is -2.17. The second-order valence-electron chi connectivity index (χ2n) is 3.52. The largest absolute Gasteiger partial charge is 0.397 e. The van der Waals surface area contributed by atoms with E-state index in [4.69, 9.17) is 28.9 Å². The number of nitrogen functional groups attached to an aromatic ring is 1. The average molecular weight is 259 g/mol. The number of hydrogen-bond acceptors (Lipinski definition) is 3. The number of nitrogens with zero attached hydrogens (tertiary/aromatic N) is 1. The van der Waals surface area contributed by atoms with Crippen molar-refractivity contribution >= 4 is 46.3 Å². The fourth-order valence-corrected chi connectivity index (χ4v) is 1.99. The van der Waals surface area contributed by atoms with Crippen molar-refractivity contribution in [3.8, 4) is 0 Å². The molecule has 84 valence electrons. The molecule has 16 heavy (non-hydrogen) atoms. The molecule has 4 nitrogen and oxygen atoms in total. The van der Waals surface area contributed by atoms with Gasteiger partial charge in [0.15, 0.2) is 5.78 Å². The first kappa shape index (κ1) is 11.2. The van der Waals surface area contributed by atoms with Crippen LogP contribution < -0.4 is 10.6 Å². The highest BCUT2D eigenvalue weighted by Crippen LogP contribution is 2.34. The van der Waals surface area contributed by atoms with Gasteiger partial charge in [-0.3, -0.25) is 9.59 Å². The monoisotopic (exact) mass is 258 g/mol. The molecule has 2 N–H and O–H groups in total. The molecule has 2 rings (SSSR count). The van der Waals surface area contributed by atoms with Crippen LogP contribution in [0.2, 0.25) is 10.0 Å². The molecule has 1 fully saturated rings. The van der Waals surface area contributed by atoms with Gasteiger partial charge in [-0.05, 0) is 12.1 Å². The van der Waals surface area contributed by atoms with Crippen molar-refractivity contribution in [1.82, 2.24) is 0 Å². The molecule has 6 heteroatoms. The first-order valence-corrected chi connectivity index (χ1v) is 5.31. The van der Waals surface area contributed by atoms with E-state index in [1.54, 1.807) is 0 Å². The summed E-state index contributed by atoms with van der Waals surface area (Å²) in [5, 5.41) is 0.622. The molecular weight excluding hydrogens is 251 g/mol. The first-order chi connectivity index (χ1) is 7.49. The number of ketones is 1. The van der Waals surface area contributed by atoms with E-state index in [2.05, 4.69) is 0 Å². The summed E-state index contributed by atoms with van der Waals surface area (Å²) in [5.74, 6) is -0.401. The van der Waals surface area contributed by atoms with Crippen LogP contribution in [0.25, 0.3) is 0 Å². The third-order valence-electron chi connectivity index (χ3n) is 2.34. The van der Waals surface area contributed by atoms with Crippen molar-refractivity contribution in [2.75, 3.05) is 17.2 Å². The van der Waals surface area contributed by atoms with E-state index < -0.39 is 0 Å². The fourth-order valence-electron chi connectivity index (χ4n) is 1.56. The quantitative estimate of drug-likeness (QED) is 0.618. The van der Waals surface area contributed by atoms with Crippen molar-refractivity contribution in [2.24, 2.45) is 0 Å². The van der Waals surface area contributed by atoms with Crippen molar-refractivity contribution in [3.63, 3.8) is 0 Å². The molecule has 0 atom stereocenters. The van der Waals surface area contributed by atoms with Gasteiger partial charge >= 0.3 is 0 Å². The average Bonchev–Trinajstić information content (AvgIpc) is 2.51. The summed E-state index contributed by atoms with van der Waals surface area (Å²) in [6.07, 6.45) is -0.0850. The number of rotatable bonds is 1. The summed E-state index contributed by atoms with van der Waals surface area (Å²) in [6.45, 7) is 0.0405. The minimum absolute atomic E-state index is 0.0405. The third-order valence-corrected chi connectivity index (χ3v) is 2.97. The van der Waals surface area contributed by atoms with Gasteiger partial charge < -0.3 is 10.6 Å². The minimum atomic E-state index is -0.271. The molecule has 1 aromatic carbocycles. The van der Waals surface area contributed by atoms with Crippen molar-refractivity contribution in [2.45, 2.75) is 6.42 Å². The summed E-state index contributed by atoms with van der Waals surface area (Å²) in [6, 6.07) is 2.96. The highest BCUT2D eigenvalue weighted by molar-refractivity contribution is 6.38. The van der Waals surface area contributed by atoms with E-state index in [0.29, 0.717) is 21.4 Å². The van der Waals surface area contributed by atoms with Crippen LogP contribution in [0.15, 0.2) is 12.1 Å². The predicted molar refractivity (Wildman–Crippen MR) is 62.9 cm³/mol. The Morgan fingerprint density at radius 3 is 2.44 bits per heavy atom. The van der Waals surface area contributed by atoms with Gasteiger partial charge in [0, 0.05) is 0 Å². The van der Waals surface area contributed by atoms with Gasteiger partial charge in [-0.2, -0.15) is 0 Å². The van der Waals surface area contributed by atoms with Crippen LogP contribution in [-0.4, -0.2) is 18.2 Å². The first-order valence-electron chi connectivity index (χ1n) is 4.55. The molecule has 0 spiro atoms. The van der Waals surface area contributed by atoms with E-state index in [1.165, 1.54) is 17.0 Å². The lowest BCUT2D eigenvalue weighted by molar-refractivity contribution is -0.121. The number of carbonyl (C=O) groups is 2. The maximum Gasteiger partial charge on any atom is 0.234 e. The Balaban J connectivity index is 2.45. The molecule has 0 saturated carbocycles. The topological polar surface area (TPSA) is 63.4 Å². The number of Topliss-reactive ketones (excluding diaryl/α,β-unsaturated/α-hetero) is 1. The summed E-state index contributed by atoms with van der Waals surface area (Å²) < 4.78 is 0. The highest BCUT2D eigenvalue weighted by atomic mass is 35.5. The van der Waals surface area contributed by atoms with Crippen LogP contribution in [0.3, 0.4) is 0 Å². The van der Waals surface area contributed by atoms with Gasteiger partial charge in [0.25, 0.3) is 0 Å². The summed E-state index contributed by atoms with van der Waals surface area (Å²) in [5.41, 5.74) is 6.33. The second-order valence-corrected chi connectivity index (χ2v) is 4.33. The maximum atomic E-state index is 11.5. The van der Waals surface area contributed by atoms with Crippen LogP contribution >= 0.6 is 23.2 Å². The molecule has 0 unspecified atom stereocenters. The molecule has 0 aromatic heterocycles. The minimum Gasteiger partial charge on any atom is -0.397 e. The summed E-state index contributed by atoms with van der Waals surface area (Å²) in [7, 11) is 0. The number of benzene rings is 1. The molecular formula is C10H8Cl2N2O2. The van der Waals surface area contributed by atoms with E-state index in [1.807, 2.05) is 0 Å². The standard InChI is InChI=1S/C10H8Cl2N2O2/c11-6-3-9(7(12)2-8(6)13)14-4-5(15)1-10(14)16/h2-3H,1,4,13H2. The van der Waals surface area contributed by atoms with Gasteiger partial charge in [0.2, 0.25) is 5.91 Å². The zero-order chi connectivity index (χ0) is 11.9. The Hall–Kier alpha value is -1.26. The SMILES string of the molecule is Nc1cc(Cl)c(N2CC(=O)CC2=O)cc1Cl. The van der Waals surface area contributed by atoms with Crippen LogP contribution in [0.1, 0.15) is 6.42 Å². The lowest BCUT2D eigenvalue weighted by Crippen LogP contribution is -2.24. The Morgan fingerprint density at radius 1 is 1.19 bits per heavy atom. The zero-order valence-corrected chi connectivity index (χ0v) is 9.68. The smallest absolute Gasteiger partial charge is 0.234 e. The van der Waals surface area contributed by atoms with E-state index >= 15 is 0 Å². The Morgan fingerprint density at radius 2 is 1.88 bits per heavy atom. The van der Waals surface area contributed by atoms with Crippen molar-refractivity contribution in [1.29, 1.82) is 0 Å². The van der Waals surface area contributed by atoms with Crippen LogP contribution in [0.5, 0.6) is 0 Å². The maximum absolute atomic E-state index is 11.5. The van der Waals surface area contributed by atoms with Crippen LogP contribution in [0.4, 0.5) is 11.4 Å². The van der Waals surface area contributed by atoms with Crippen molar-refractivity contribution in [3.05, 3.63) is 22.2 Å². The summed E-state index contributed by atoms with van der Waals surface area (Å²) >= 11 is 11.8. The van der Waals surface area contributed by atoms with Gasteiger partial charge in [-0.15, -0.1) is 0 Å². The molecule has 1 aliphatic rings. The molecule has 1 aliphatic heterocycles. The van der Waals surface area contributed by atoms with Crippen LogP contribution in [-0.2, 0) is 9.59 Å². The van der Waals surface area contributed by atoms with E-state index in [-0.39, 0.29) is 24.7 Å². The molecule has 0 radical (unpaired) electrons. The number of carbonyl (C=O) groups excluding carboxylic acids is 2. The van der Waals surface area contributed by atoms with E-state index in [9.17, 15) is 9.59 Å². The molecule has 0 bridgehead atoms. The molecule has 1 heterocycles. The molecule has 1 amide bonds. The van der Waals surface area contributed by atoms with Gasteiger partial charge in [-0.25, -0.2) is 0 Å². The Labute approximate surface area is 102 Å².